The molecular weight excluding hydrogens is 323 g/mol. The minimum atomic E-state index is -5.80. The van der Waals surface area contributed by atoms with Crippen LogP contribution in [0.15, 0.2) is 24.3 Å². The van der Waals surface area contributed by atoms with Crippen LogP contribution in [-0.2, 0) is 15.1 Å². The summed E-state index contributed by atoms with van der Waals surface area (Å²) >= 11 is 0. The predicted molar refractivity (Wildman–Crippen MR) is 70.0 cm³/mol. The van der Waals surface area contributed by atoms with Crippen LogP contribution in [0.4, 0.5) is 22.0 Å². The van der Waals surface area contributed by atoms with Crippen molar-refractivity contribution in [3.8, 4) is 5.75 Å². The maximum Gasteiger partial charge on any atom is 0.499 e. The molecule has 0 aromatic heterocycles. The standard InChI is InChI=1S/C15H15F5O3/c1-10(21)22-13(8-2-3-9-13)11-4-6-12(7-5-11)23-15(19,20)14(16,17)18/h4-7H,2-3,8-9H2,1H3. The van der Waals surface area contributed by atoms with E-state index in [9.17, 15) is 26.7 Å². The fraction of sp³-hybridized carbons (Fsp3) is 0.533. The van der Waals surface area contributed by atoms with Crippen LogP contribution < -0.4 is 4.74 Å². The molecule has 0 unspecified atom stereocenters. The Morgan fingerprint density at radius 3 is 2.00 bits per heavy atom. The lowest BCUT2D eigenvalue weighted by molar-refractivity contribution is -0.360. The Hall–Kier alpha value is -1.86. The molecule has 1 saturated carbocycles. The van der Waals surface area contributed by atoms with Gasteiger partial charge in [0, 0.05) is 6.92 Å². The maximum absolute atomic E-state index is 12.8. The SMILES string of the molecule is CC(=O)OC1(c2ccc(OC(F)(F)C(F)(F)F)cc2)CCCC1. The zero-order valence-corrected chi connectivity index (χ0v) is 12.3. The Bertz CT molecular complexity index is 559. The molecule has 0 spiro atoms. The summed E-state index contributed by atoms with van der Waals surface area (Å²) in [6.07, 6.45) is -8.25. The minimum Gasteiger partial charge on any atom is -0.454 e. The molecule has 23 heavy (non-hydrogen) atoms. The van der Waals surface area contributed by atoms with E-state index in [4.69, 9.17) is 4.74 Å². The van der Waals surface area contributed by atoms with Crippen molar-refractivity contribution in [2.75, 3.05) is 0 Å². The van der Waals surface area contributed by atoms with Gasteiger partial charge in [0.05, 0.1) is 0 Å². The Morgan fingerprint density at radius 1 is 1.04 bits per heavy atom. The van der Waals surface area contributed by atoms with Crippen LogP contribution in [0.5, 0.6) is 5.75 Å². The molecule has 1 aliphatic rings. The van der Waals surface area contributed by atoms with Gasteiger partial charge in [0.2, 0.25) is 0 Å². The summed E-state index contributed by atoms with van der Waals surface area (Å²) in [5.41, 5.74) is -0.301. The van der Waals surface area contributed by atoms with Gasteiger partial charge in [-0.15, -0.1) is 0 Å². The van der Waals surface area contributed by atoms with E-state index in [0.717, 1.165) is 25.0 Å². The van der Waals surface area contributed by atoms with Gasteiger partial charge in [-0.1, -0.05) is 12.1 Å². The van der Waals surface area contributed by atoms with E-state index < -0.39 is 29.6 Å². The van der Waals surface area contributed by atoms with Gasteiger partial charge in [-0.2, -0.15) is 22.0 Å². The van der Waals surface area contributed by atoms with Gasteiger partial charge in [0.15, 0.2) is 0 Å². The molecule has 3 nitrogen and oxygen atoms in total. The second kappa shape index (κ2) is 5.98. The summed E-state index contributed by atoms with van der Waals surface area (Å²) in [7, 11) is 0. The largest absolute Gasteiger partial charge is 0.499 e. The second-order valence-corrected chi connectivity index (χ2v) is 5.44. The summed E-state index contributed by atoms with van der Waals surface area (Å²) in [5.74, 6) is -1.09. The zero-order valence-electron chi connectivity index (χ0n) is 12.3. The molecule has 1 aromatic rings. The third-order valence-corrected chi connectivity index (χ3v) is 3.71. The molecule has 0 radical (unpaired) electrons. The fourth-order valence-electron chi connectivity index (χ4n) is 2.70. The highest BCUT2D eigenvalue weighted by atomic mass is 19.4. The first-order chi connectivity index (χ1) is 10.6. The maximum atomic E-state index is 12.8. The number of hydrogen-bond acceptors (Lipinski definition) is 3. The molecule has 0 amide bonds. The first-order valence-electron chi connectivity index (χ1n) is 6.99. The topological polar surface area (TPSA) is 35.5 Å². The third kappa shape index (κ3) is 3.73. The van der Waals surface area contributed by atoms with Gasteiger partial charge in [0.1, 0.15) is 11.4 Å². The smallest absolute Gasteiger partial charge is 0.454 e. The number of carbonyl (C=O) groups excluding carboxylic acids is 1. The number of carbonyl (C=O) groups is 1. The number of hydrogen-bond donors (Lipinski definition) is 0. The van der Waals surface area contributed by atoms with Gasteiger partial charge in [-0.05, 0) is 43.4 Å². The summed E-state index contributed by atoms with van der Waals surface area (Å²) in [4.78, 5) is 11.3. The van der Waals surface area contributed by atoms with Gasteiger partial charge < -0.3 is 9.47 Å². The Kier molecular flexibility index (Phi) is 4.54. The third-order valence-electron chi connectivity index (χ3n) is 3.71. The van der Waals surface area contributed by atoms with Gasteiger partial charge >= 0.3 is 18.3 Å². The highest BCUT2D eigenvalue weighted by Gasteiger charge is 2.61. The van der Waals surface area contributed by atoms with Crippen molar-refractivity contribution in [1.29, 1.82) is 0 Å². The highest BCUT2D eigenvalue weighted by molar-refractivity contribution is 5.67. The van der Waals surface area contributed by atoms with Crippen molar-refractivity contribution >= 4 is 5.97 Å². The van der Waals surface area contributed by atoms with Crippen LogP contribution >= 0.6 is 0 Å². The molecule has 1 aliphatic carbocycles. The van der Waals surface area contributed by atoms with E-state index in [0.29, 0.717) is 18.4 Å². The molecule has 0 heterocycles. The Morgan fingerprint density at radius 2 is 1.57 bits per heavy atom. The molecule has 8 heteroatoms. The summed E-state index contributed by atoms with van der Waals surface area (Å²) in [5, 5.41) is 0. The molecular formula is C15H15F5O3. The Balaban J connectivity index is 2.20. The zero-order chi connectivity index (χ0) is 17.3. The van der Waals surface area contributed by atoms with Crippen LogP contribution in [0.3, 0.4) is 0 Å². The van der Waals surface area contributed by atoms with E-state index in [1.807, 2.05) is 0 Å². The molecule has 0 atom stereocenters. The number of alkyl halides is 5. The second-order valence-electron chi connectivity index (χ2n) is 5.44. The van der Waals surface area contributed by atoms with Gasteiger partial charge in [0.25, 0.3) is 0 Å². The average molecular weight is 338 g/mol. The molecule has 0 N–H and O–H groups in total. The Labute approximate surface area is 129 Å². The number of benzene rings is 1. The molecule has 0 aliphatic heterocycles. The van der Waals surface area contributed by atoms with Crippen LogP contribution in [-0.4, -0.2) is 18.3 Å². The lowest BCUT2D eigenvalue weighted by Gasteiger charge is -2.29. The van der Waals surface area contributed by atoms with Crippen LogP contribution in [0.25, 0.3) is 0 Å². The number of ether oxygens (including phenoxy) is 2. The highest BCUT2D eigenvalue weighted by Crippen LogP contribution is 2.43. The number of esters is 1. The summed E-state index contributed by atoms with van der Waals surface area (Å²) in [6.45, 7) is 1.27. The minimum absolute atomic E-state index is 0.476. The number of halogens is 5. The van der Waals surface area contributed by atoms with Crippen LogP contribution in [0, 0.1) is 0 Å². The van der Waals surface area contributed by atoms with Crippen molar-refractivity contribution in [2.45, 2.75) is 50.5 Å². The molecule has 1 fully saturated rings. The molecule has 2 rings (SSSR count). The van der Waals surface area contributed by atoms with Crippen molar-refractivity contribution in [1.82, 2.24) is 0 Å². The first-order valence-corrected chi connectivity index (χ1v) is 6.99. The van der Waals surface area contributed by atoms with Crippen LogP contribution in [0.1, 0.15) is 38.2 Å². The molecule has 0 bridgehead atoms. The monoisotopic (exact) mass is 338 g/mol. The molecule has 0 saturated heterocycles. The van der Waals surface area contributed by atoms with Crippen molar-refractivity contribution < 1.29 is 36.2 Å². The van der Waals surface area contributed by atoms with Gasteiger partial charge in [-0.25, -0.2) is 0 Å². The predicted octanol–water partition coefficient (Wildman–Crippen LogP) is 4.55. The lowest BCUT2D eigenvalue weighted by atomic mass is 9.92. The van der Waals surface area contributed by atoms with Crippen molar-refractivity contribution in [3.05, 3.63) is 29.8 Å². The van der Waals surface area contributed by atoms with E-state index in [1.165, 1.54) is 19.1 Å². The fourth-order valence-corrected chi connectivity index (χ4v) is 2.70. The normalized spacial score (nSPS) is 17.8. The average Bonchev–Trinajstić information content (AvgIpc) is 2.86. The van der Waals surface area contributed by atoms with Gasteiger partial charge in [-0.3, -0.25) is 4.79 Å². The first kappa shape index (κ1) is 17.5. The summed E-state index contributed by atoms with van der Waals surface area (Å²) in [6, 6.07) is 4.71. The quantitative estimate of drug-likeness (QED) is 0.597. The van der Waals surface area contributed by atoms with E-state index >= 15 is 0 Å². The summed E-state index contributed by atoms with van der Waals surface area (Å²) < 4.78 is 71.1. The van der Waals surface area contributed by atoms with E-state index in [2.05, 4.69) is 4.74 Å². The van der Waals surface area contributed by atoms with E-state index in [1.54, 1.807) is 0 Å². The number of rotatable bonds is 4. The molecule has 1 aromatic carbocycles. The van der Waals surface area contributed by atoms with Crippen LogP contribution in [0.2, 0.25) is 0 Å². The van der Waals surface area contributed by atoms with Crippen molar-refractivity contribution in [3.63, 3.8) is 0 Å². The van der Waals surface area contributed by atoms with Crippen molar-refractivity contribution in [2.24, 2.45) is 0 Å². The van der Waals surface area contributed by atoms with E-state index in [-0.39, 0.29) is 0 Å². The molecule has 128 valence electrons. The lowest BCUT2D eigenvalue weighted by Crippen LogP contribution is -2.41.